The Morgan fingerprint density at radius 1 is 1.18 bits per heavy atom. The van der Waals surface area contributed by atoms with E-state index in [-0.39, 0.29) is 23.2 Å². The number of Topliss-reactive ketones (excluding diaryl/α,β-unsaturated/α-hetero) is 1. The number of carbonyl (C=O) groups excluding carboxylic acids is 1. The van der Waals surface area contributed by atoms with Crippen LogP contribution in [-0.4, -0.2) is 28.2 Å². The first-order chi connectivity index (χ1) is 10.4. The van der Waals surface area contributed by atoms with Gasteiger partial charge in [-0.05, 0) is 67.8 Å². The molecule has 4 aliphatic rings. The molecule has 22 heavy (non-hydrogen) atoms. The molecule has 0 aromatic heterocycles. The standard InChI is InChI=1S/C19H26O3/c1-10-11-5-12(7-16(10)21)18-15(6-11)19(2)4-3-14(20)8-13(19)9-17(18)22/h9,12,14-15,17-18,20,22H,3-8H2,1-2H3. The quantitative estimate of drug-likeness (QED) is 0.677. The molecule has 0 amide bonds. The number of carbonyl (C=O) groups is 1. The summed E-state index contributed by atoms with van der Waals surface area (Å²) in [7, 11) is 0. The Morgan fingerprint density at radius 2 is 1.95 bits per heavy atom. The van der Waals surface area contributed by atoms with Crippen LogP contribution in [0.2, 0.25) is 0 Å². The van der Waals surface area contributed by atoms with E-state index in [1.165, 1.54) is 11.1 Å². The summed E-state index contributed by atoms with van der Waals surface area (Å²) < 4.78 is 0. The highest BCUT2D eigenvalue weighted by Crippen LogP contribution is 2.60. The molecule has 0 aromatic rings. The first-order valence-corrected chi connectivity index (χ1v) is 8.69. The fourth-order valence-corrected chi connectivity index (χ4v) is 5.75. The topological polar surface area (TPSA) is 57.5 Å². The van der Waals surface area contributed by atoms with Crippen molar-refractivity contribution < 1.29 is 15.0 Å². The van der Waals surface area contributed by atoms with Gasteiger partial charge in [-0.2, -0.15) is 0 Å². The van der Waals surface area contributed by atoms with Crippen LogP contribution in [0.1, 0.15) is 52.4 Å². The van der Waals surface area contributed by atoms with Gasteiger partial charge in [0.25, 0.3) is 0 Å². The molecular weight excluding hydrogens is 276 g/mol. The second kappa shape index (κ2) is 4.78. The van der Waals surface area contributed by atoms with Gasteiger partial charge in [0.05, 0.1) is 12.2 Å². The predicted molar refractivity (Wildman–Crippen MR) is 84.1 cm³/mol. The van der Waals surface area contributed by atoms with E-state index in [1.807, 2.05) is 13.0 Å². The number of ketones is 1. The van der Waals surface area contributed by atoms with E-state index in [9.17, 15) is 15.0 Å². The van der Waals surface area contributed by atoms with Gasteiger partial charge < -0.3 is 10.2 Å². The van der Waals surface area contributed by atoms with Crippen molar-refractivity contribution in [3.05, 3.63) is 22.8 Å². The van der Waals surface area contributed by atoms with Crippen LogP contribution >= 0.6 is 0 Å². The highest BCUT2D eigenvalue weighted by molar-refractivity contribution is 5.96. The lowest BCUT2D eigenvalue weighted by Gasteiger charge is -2.56. The molecule has 2 fully saturated rings. The first kappa shape index (κ1) is 14.6. The number of aliphatic hydroxyl groups is 2. The molecule has 2 saturated carbocycles. The summed E-state index contributed by atoms with van der Waals surface area (Å²) in [6, 6.07) is 0. The normalized spacial score (nSPS) is 47.7. The third-order valence-electron chi connectivity index (χ3n) is 7.15. The summed E-state index contributed by atoms with van der Waals surface area (Å²) in [5.74, 6) is 1.23. The Labute approximate surface area is 132 Å². The van der Waals surface area contributed by atoms with E-state index < -0.39 is 6.10 Å². The molecule has 6 atom stereocenters. The second-order valence-corrected chi connectivity index (χ2v) is 8.20. The molecule has 6 unspecified atom stereocenters. The summed E-state index contributed by atoms with van der Waals surface area (Å²) in [6.45, 7) is 4.31. The predicted octanol–water partition coefficient (Wildman–Crippen LogP) is 2.77. The molecule has 120 valence electrons. The van der Waals surface area contributed by atoms with Crippen molar-refractivity contribution >= 4 is 5.78 Å². The molecule has 3 heteroatoms. The maximum Gasteiger partial charge on any atom is 0.158 e. The molecule has 0 heterocycles. The van der Waals surface area contributed by atoms with Crippen LogP contribution in [0.4, 0.5) is 0 Å². The fraction of sp³-hybridized carbons (Fsp3) is 0.737. The van der Waals surface area contributed by atoms with Crippen LogP contribution in [0.3, 0.4) is 0 Å². The Kier molecular flexibility index (Phi) is 3.18. The van der Waals surface area contributed by atoms with Gasteiger partial charge in [-0.15, -0.1) is 0 Å². The molecule has 0 aromatic carbocycles. The summed E-state index contributed by atoms with van der Waals surface area (Å²) in [6.07, 6.45) is 6.44. The molecule has 2 N–H and O–H groups in total. The van der Waals surface area contributed by atoms with E-state index in [1.54, 1.807) is 0 Å². The van der Waals surface area contributed by atoms with Gasteiger partial charge >= 0.3 is 0 Å². The van der Waals surface area contributed by atoms with E-state index in [0.717, 1.165) is 31.3 Å². The maximum atomic E-state index is 12.2. The molecule has 2 bridgehead atoms. The minimum absolute atomic E-state index is 0.0910. The molecule has 0 aliphatic heterocycles. The minimum atomic E-state index is -0.448. The number of allylic oxidation sites excluding steroid dienone is 2. The zero-order valence-corrected chi connectivity index (χ0v) is 13.5. The Bertz CT molecular complexity index is 587. The molecule has 0 saturated heterocycles. The number of aliphatic hydroxyl groups excluding tert-OH is 2. The number of fused-ring (bicyclic) bond motifs is 6. The average molecular weight is 302 g/mol. The van der Waals surface area contributed by atoms with Crippen LogP contribution in [0.25, 0.3) is 0 Å². The van der Waals surface area contributed by atoms with Gasteiger partial charge in [0.15, 0.2) is 5.78 Å². The summed E-state index contributed by atoms with van der Waals surface area (Å²) in [5.41, 5.74) is 3.67. The second-order valence-electron chi connectivity index (χ2n) is 8.20. The molecule has 4 rings (SSSR count). The molecule has 3 nitrogen and oxygen atoms in total. The number of hydrogen-bond acceptors (Lipinski definition) is 3. The number of hydrogen-bond donors (Lipinski definition) is 2. The Morgan fingerprint density at radius 3 is 2.73 bits per heavy atom. The van der Waals surface area contributed by atoms with Crippen LogP contribution in [0.15, 0.2) is 22.8 Å². The van der Waals surface area contributed by atoms with Crippen molar-refractivity contribution in [2.45, 2.75) is 64.6 Å². The van der Waals surface area contributed by atoms with Gasteiger partial charge in [-0.1, -0.05) is 24.1 Å². The molecule has 0 radical (unpaired) electrons. The van der Waals surface area contributed by atoms with Crippen molar-refractivity contribution in [1.29, 1.82) is 0 Å². The zero-order chi connectivity index (χ0) is 15.6. The Balaban J connectivity index is 1.78. The van der Waals surface area contributed by atoms with Gasteiger partial charge in [-0.25, -0.2) is 0 Å². The van der Waals surface area contributed by atoms with Crippen LogP contribution in [-0.2, 0) is 4.79 Å². The third-order valence-corrected chi connectivity index (χ3v) is 7.15. The monoisotopic (exact) mass is 302 g/mol. The zero-order valence-electron chi connectivity index (χ0n) is 13.5. The van der Waals surface area contributed by atoms with E-state index in [0.29, 0.717) is 24.7 Å². The minimum Gasteiger partial charge on any atom is -0.393 e. The fourth-order valence-electron chi connectivity index (χ4n) is 5.75. The summed E-state index contributed by atoms with van der Waals surface area (Å²) >= 11 is 0. The smallest absolute Gasteiger partial charge is 0.158 e. The van der Waals surface area contributed by atoms with E-state index in [4.69, 9.17) is 0 Å². The van der Waals surface area contributed by atoms with Crippen molar-refractivity contribution in [1.82, 2.24) is 0 Å². The molecule has 4 aliphatic carbocycles. The molecular formula is C19H26O3. The van der Waals surface area contributed by atoms with Crippen molar-refractivity contribution in [2.75, 3.05) is 0 Å². The van der Waals surface area contributed by atoms with Crippen LogP contribution < -0.4 is 0 Å². The van der Waals surface area contributed by atoms with Crippen molar-refractivity contribution in [2.24, 2.45) is 23.2 Å². The highest BCUT2D eigenvalue weighted by Gasteiger charge is 2.54. The van der Waals surface area contributed by atoms with Crippen LogP contribution in [0, 0.1) is 23.2 Å². The van der Waals surface area contributed by atoms with E-state index >= 15 is 0 Å². The van der Waals surface area contributed by atoms with Gasteiger partial charge in [0.2, 0.25) is 0 Å². The maximum absolute atomic E-state index is 12.2. The van der Waals surface area contributed by atoms with Crippen molar-refractivity contribution in [3.63, 3.8) is 0 Å². The molecule has 0 spiro atoms. The lowest BCUT2D eigenvalue weighted by Crippen LogP contribution is -2.52. The van der Waals surface area contributed by atoms with Gasteiger partial charge in [-0.3, -0.25) is 4.79 Å². The van der Waals surface area contributed by atoms with Gasteiger partial charge in [0.1, 0.15) is 0 Å². The number of rotatable bonds is 0. The lowest BCUT2D eigenvalue weighted by atomic mass is 9.49. The van der Waals surface area contributed by atoms with E-state index in [2.05, 4.69) is 6.92 Å². The Hall–Kier alpha value is -0.930. The summed E-state index contributed by atoms with van der Waals surface area (Å²) in [4.78, 5) is 12.2. The summed E-state index contributed by atoms with van der Waals surface area (Å²) in [5, 5.41) is 20.7. The average Bonchev–Trinajstić information content (AvgIpc) is 2.47. The SMILES string of the molecule is CC1=C2CC(CC1=O)C1C(O)C=C3CC(O)CCC3(C)C1C2. The largest absolute Gasteiger partial charge is 0.393 e. The lowest BCUT2D eigenvalue weighted by molar-refractivity contribution is -0.120. The van der Waals surface area contributed by atoms with Crippen molar-refractivity contribution in [3.8, 4) is 0 Å². The third kappa shape index (κ3) is 1.91. The van der Waals surface area contributed by atoms with Crippen LogP contribution in [0.5, 0.6) is 0 Å². The van der Waals surface area contributed by atoms with Gasteiger partial charge in [0, 0.05) is 6.42 Å². The first-order valence-electron chi connectivity index (χ1n) is 8.69. The highest BCUT2D eigenvalue weighted by atomic mass is 16.3.